The molecule has 1 atom stereocenters. The third kappa shape index (κ3) is 4.00. The number of hydrogen-bond donors (Lipinski definition) is 0. The average molecular weight is 418 g/mol. The molecule has 4 nitrogen and oxygen atoms in total. The Bertz CT molecular complexity index is 946. The average Bonchev–Trinajstić information content (AvgIpc) is 2.77. The van der Waals surface area contributed by atoms with Gasteiger partial charge in [-0.25, -0.2) is 4.79 Å². The van der Waals surface area contributed by atoms with Crippen LogP contribution >= 0.6 is 0 Å². The van der Waals surface area contributed by atoms with Crippen LogP contribution in [0.3, 0.4) is 0 Å². The lowest BCUT2D eigenvalue weighted by molar-refractivity contribution is -0.0632. The molecule has 2 aromatic carbocycles. The van der Waals surface area contributed by atoms with Crippen LogP contribution in [0.1, 0.15) is 61.4 Å². The molecule has 4 aliphatic carbocycles. The number of rotatable bonds is 6. The molecule has 4 heteroatoms. The van der Waals surface area contributed by atoms with E-state index in [1.54, 1.807) is 25.3 Å². The molecule has 0 spiro atoms. The second kappa shape index (κ2) is 8.14. The van der Waals surface area contributed by atoms with Gasteiger partial charge in [-0.05, 0) is 105 Å². The Morgan fingerprint density at radius 2 is 1.65 bits per heavy atom. The van der Waals surface area contributed by atoms with Crippen LogP contribution in [0.5, 0.6) is 11.5 Å². The van der Waals surface area contributed by atoms with Gasteiger partial charge in [0.15, 0.2) is 11.5 Å². The Labute approximate surface area is 184 Å². The van der Waals surface area contributed by atoms with E-state index in [1.165, 1.54) is 38.5 Å². The summed E-state index contributed by atoms with van der Waals surface area (Å²) in [5.41, 5.74) is 1.88. The summed E-state index contributed by atoms with van der Waals surface area (Å²) in [5.74, 6) is 3.36. The van der Waals surface area contributed by atoms with Gasteiger partial charge in [0, 0.05) is 6.21 Å². The number of carbonyl (C=O) groups is 1. The van der Waals surface area contributed by atoms with Crippen molar-refractivity contribution >= 4 is 12.2 Å². The number of carbonyl (C=O) groups excluding carboxylic acids is 1. The largest absolute Gasteiger partial charge is 0.493 e. The van der Waals surface area contributed by atoms with Crippen molar-refractivity contribution in [1.82, 2.24) is 0 Å². The molecule has 31 heavy (non-hydrogen) atoms. The van der Waals surface area contributed by atoms with E-state index >= 15 is 0 Å². The van der Waals surface area contributed by atoms with E-state index in [0.29, 0.717) is 28.5 Å². The number of nitrogens with zero attached hydrogens (tertiary/aromatic N) is 1. The Kier molecular flexibility index (Phi) is 5.33. The van der Waals surface area contributed by atoms with Crippen molar-refractivity contribution in [3.63, 3.8) is 0 Å². The third-order valence-corrected chi connectivity index (χ3v) is 7.82. The van der Waals surface area contributed by atoms with Crippen molar-refractivity contribution in [1.29, 1.82) is 0 Å². The van der Waals surface area contributed by atoms with Crippen LogP contribution in [0.15, 0.2) is 53.5 Å². The van der Waals surface area contributed by atoms with Crippen LogP contribution in [0.25, 0.3) is 0 Å². The molecule has 1 unspecified atom stereocenters. The molecule has 4 fully saturated rings. The maximum absolute atomic E-state index is 12.4. The molecule has 4 bridgehead atoms. The van der Waals surface area contributed by atoms with Gasteiger partial charge in [0.25, 0.3) is 0 Å². The smallest absolute Gasteiger partial charge is 0.343 e. The number of ether oxygens (including phenoxy) is 2. The Morgan fingerprint density at radius 1 is 1.00 bits per heavy atom. The summed E-state index contributed by atoms with van der Waals surface area (Å²) in [6.45, 7) is 2.30. The zero-order chi connectivity index (χ0) is 21.4. The van der Waals surface area contributed by atoms with Crippen molar-refractivity contribution in [3.05, 3.63) is 59.7 Å². The molecule has 0 aliphatic heterocycles. The topological polar surface area (TPSA) is 47.9 Å². The minimum absolute atomic E-state index is 0.336. The van der Waals surface area contributed by atoms with Crippen LogP contribution in [0, 0.1) is 23.2 Å². The van der Waals surface area contributed by atoms with Crippen LogP contribution < -0.4 is 9.47 Å². The predicted molar refractivity (Wildman–Crippen MR) is 122 cm³/mol. The van der Waals surface area contributed by atoms with Crippen molar-refractivity contribution in [3.8, 4) is 11.5 Å². The Morgan fingerprint density at radius 3 is 2.26 bits per heavy atom. The molecule has 0 N–H and O–H groups in total. The summed E-state index contributed by atoms with van der Waals surface area (Å²) in [6, 6.07) is 14.9. The fraction of sp³-hybridized carbons (Fsp3) is 0.481. The standard InChI is InChI=1S/C27H31NO3/c1-18(27-14-20-10-21(15-27)12-22(11-20)16-27)28-17-19-8-9-24(25(13-19)30-2)31-26(29)23-6-4-3-5-7-23/h3-9,13,17-18,20-22H,10-12,14-16H2,1-2H3. The van der Waals surface area contributed by atoms with Gasteiger partial charge >= 0.3 is 5.97 Å². The number of benzene rings is 2. The minimum atomic E-state index is -0.393. The van der Waals surface area contributed by atoms with E-state index in [0.717, 1.165) is 23.3 Å². The first-order valence-electron chi connectivity index (χ1n) is 11.5. The van der Waals surface area contributed by atoms with Crippen LogP contribution in [-0.2, 0) is 0 Å². The molecule has 0 saturated heterocycles. The highest BCUT2D eigenvalue weighted by Crippen LogP contribution is 2.61. The second-order valence-electron chi connectivity index (χ2n) is 9.90. The lowest BCUT2D eigenvalue weighted by atomic mass is 9.48. The lowest BCUT2D eigenvalue weighted by Gasteiger charge is -2.58. The molecule has 0 heterocycles. The van der Waals surface area contributed by atoms with Crippen LogP contribution in [-0.4, -0.2) is 25.3 Å². The molecular weight excluding hydrogens is 386 g/mol. The quantitative estimate of drug-likeness (QED) is 0.332. The summed E-state index contributed by atoms with van der Waals surface area (Å²) in [5, 5.41) is 0. The summed E-state index contributed by atoms with van der Waals surface area (Å²) < 4.78 is 11.1. The van der Waals surface area contributed by atoms with Crippen molar-refractivity contribution in [2.75, 3.05) is 7.11 Å². The highest BCUT2D eigenvalue weighted by molar-refractivity contribution is 5.91. The maximum Gasteiger partial charge on any atom is 0.343 e. The van der Waals surface area contributed by atoms with Crippen molar-refractivity contribution < 1.29 is 14.3 Å². The van der Waals surface area contributed by atoms with Crippen molar-refractivity contribution in [2.45, 2.75) is 51.5 Å². The molecule has 0 aromatic heterocycles. The zero-order valence-corrected chi connectivity index (χ0v) is 18.4. The van der Waals surface area contributed by atoms with E-state index in [4.69, 9.17) is 14.5 Å². The van der Waals surface area contributed by atoms with Gasteiger partial charge in [0.05, 0.1) is 18.7 Å². The van der Waals surface area contributed by atoms with E-state index in [2.05, 4.69) is 6.92 Å². The van der Waals surface area contributed by atoms with Gasteiger partial charge in [0.2, 0.25) is 0 Å². The van der Waals surface area contributed by atoms with Gasteiger partial charge in [-0.2, -0.15) is 0 Å². The van der Waals surface area contributed by atoms with Gasteiger partial charge in [-0.1, -0.05) is 18.2 Å². The van der Waals surface area contributed by atoms with E-state index in [-0.39, 0.29) is 0 Å². The molecule has 4 aliphatic rings. The minimum Gasteiger partial charge on any atom is -0.493 e. The van der Waals surface area contributed by atoms with Gasteiger partial charge in [0.1, 0.15) is 0 Å². The highest BCUT2D eigenvalue weighted by atomic mass is 16.6. The number of methoxy groups -OCH3 is 1. The van der Waals surface area contributed by atoms with E-state index in [9.17, 15) is 4.79 Å². The Balaban J connectivity index is 1.30. The Hall–Kier alpha value is -2.62. The van der Waals surface area contributed by atoms with E-state index in [1.807, 2.05) is 36.5 Å². The summed E-state index contributed by atoms with van der Waals surface area (Å²) in [7, 11) is 1.59. The zero-order valence-electron chi connectivity index (χ0n) is 18.4. The second-order valence-corrected chi connectivity index (χ2v) is 9.90. The maximum atomic E-state index is 12.4. The normalized spacial score (nSPS) is 29.8. The molecule has 4 saturated carbocycles. The monoisotopic (exact) mass is 417 g/mol. The summed E-state index contributed by atoms with van der Waals surface area (Å²) >= 11 is 0. The van der Waals surface area contributed by atoms with Gasteiger partial charge in [-0.15, -0.1) is 0 Å². The number of esters is 1. The molecule has 0 radical (unpaired) electrons. The van der Waals surface area contributed by atoms with Crippen LogP contribution in [0.4, 0.5) is 0 Å². The SMILES string of the molecule is COc1cc(C=NC(C)C23CC4CC(CC(C4)C2)C3)ccc1OC(=O)c1ccccc1. The number of hydrogen-bond acceptors (Lipinski definition) is 4. The highest BCUT2D eigenvalue weighted by Gasteiger charge is 2.53. The molecule has 162 valence electrons. The summed E-state index contributed by atoms with van der Waals surface area (Å²) in [4.78, 5) is 17.4. The fourth-order valence-corrected chi connectivity index (χ4v) is 6.63. The molecular formula is C27H31NO3. The predicted octanol–water partition coefficient (Wildman–Crippen LogP) is 5.94. The van der Waals surface area contributed by atoms with Gasteiger partial charge < -0.3 is 9.47 Å². The van der Waals surface area contributed by atoms with Gasteiger partial charge in [-0.3, -0.25) is 4.99 Å². The first kappa shape index (κ1) is 20.3. The first-order chi connectivity index (χ1) is 15.0. The molecule has 6 rings (SSSR count). The van der Waals surface area contributed by atoms with Crippen LogP contribution in [0.2, 0.25) is 0 Å². The lowest BCUT2D eigenvalue weighted by Crippen LogP contribution is -2.50. The fourth-order valence-electron chi connectivity index (χ4n) is 6.63. The van der Waals surface area contributed by atoms with E-state index < -0.39 is 5.97 Å². The van der Waals surface area contributed by atoms with Crippen molar-refractivity contribution in [2.24, 2.45) is 28.2 Å². The molecule has 2 aromatic rings. The number of aliphatic imine (C=N–C) groups is 1. The third-order valence-electron chi connectivity index (χ3n) is 7.82. The molecule has 0 amide bonds. The summed E-state index contributed by atoms with van der Waals surface area (Å²) in [6.07, 6.45) is 10.4. The first-order valence-corrected chi connectivity index (χ1v) is 11.5.